The number of hydrogen-bond donors (Lipinski definition) is 0. The lowest BCUT2D eigenvalue weighted by Crippen LogP contribution is -2.02. The maximum atomic E-state index is 5.25. The number of hydrogen-bond acceptors (Lipinski definition) is 1. The molecule has 0 aliphatic carbocycles. The fourth-order valence-electron chi connectivity index (χ4n) is 3.11. The Morgan fingerprint density at radius 2 is 1.48 bits per heavy atom. The van der Waals surface area contributed by atoms with Gasteiger partial charge in [-0.1, -0.05) is 45.4 Å². The molecule has 0 aliphatic rings. The van der Waals surface area contributed by atoms with Gasteiger partial charge in [0.25, 0.3) is 0 Å². The first-order chi connectivity index (χ1) is 11.3. The predicted octanol–water partition coefficient (Wildman–Crippen LogP) is 6.22. The molecule has 0 amide bonds. The highest BCUT2D eigenvalue weighted by Crippen LogP contribution is 2.25. The highest BCUT2D eigenvalue weighted by molar-refractivity contribution is 5.61. The molecule has 1 aromatic heterocycles. The first-order valence-electron chi connectivity index (χ1n) is 9.06. The molecule has 1 heterocycles. The smallest absolute Gasteiger partial charge is 0.118 e. The van der Waals surface area contributed by atoms with Crippen LogP contribution in [0.4, 0.5) is 0 Å². The SMILES string of the molecule is CCCCCCCCCn1c(C)ccc1-c1ccc(OC)cc1. The van der Waals surface area contributed by atoms with Gasteiger partial charge in [0.05, 0.1) is 7.11 Å². The quantitative estimate of drug-likeness (QED) is 0.475. The van der Waals surface area contributed by atoms with Gasteiger partial charge in [-0.2, -0.15) is 0 Å². The minimum Gasteiger partial charge on any atom is -0.497 e. The summed E-state index contributed by atoms with van der Waals surface area (Å²) < 4.78 is 7.71. The number of ether oxygens (including phenoxy) is 1. The van der Waals surface area contributed by atoms with Crippen LogP contribution in [0.2, 0.25) is 0 Å². The second kappa shape index (κ2) is 9.44. The van der Waals surface area contributed by atoms with Gasteiger partial charge in [-0.15, -0.1) is 0 Å². The number of benzene rings is 1. The second-order valence-corrected chi connectivity index (χ2v) is 6.36. The van der Waals surface area contributed by atoms with E-state index in [1.165, 1.54) is 61.9 Å². The van der Waals surface area contributed by atoms with Gasteiger partial charge in [0, 0.05) is 17.9 Å². The largest absolute Gasteiger partial charge is 0.497 e. The predicted molar refractivity (Wildman–Crippen MR) is 99.2 cm³/mol. The molecule has 0 unspecified atom stereocenters. The average Bonchev–Trinajstić information content (AvgIpc) is 2.95. The fourth-order valence-corrected chi connectivity index (χ4v) is 3.11. The molecule has 2 heteroatoms. The topological polar surface area (TPSA) is 14.2 Å². The molecule has 0 bridgehead atoms. The van der Waals surface area contributed by atoms with Crippen LogP contribution in [0.5, 0.6) is 5.75 Å². The van der Waals surface area contributed by atoms with E-state index in [1.54, 1.807) is 7.11 Å². The van der Waals surface area contributed by atoms with E-state index in [-0.39, 0.29) is 0 Å². The Bertz CT molecular complexity index is 568. The molecule has 1 aromatic carbocycles. The van der Waals surface area contributed by atoms with E-state index in [1.807, 2.05) is 12.1 Å². The molecule has 23 heavy (non-hydrogen) atoms. The number of rotatable bonds is 10. The van der Waals surface area contributed by atoms with E-state index < -0.39 is 0 Å². The van der Waals surface area contributed by atoms with Crippen molar-refractivity contribution in [3.63, 3.8) is 0 Å². The van der Waals surface area contributed by atoms with Crippen molar-refractivity contribution in [1.82, 2.24) is 4.57 Å². The lowest BCUT2D eigenvalue weighted by atomic mass is 10.1. The Morgan fingerprint density at radius 1 is 0.826 bits per heavy atom. The number of unbranched alkanes of at least 4 members (excludes halogenated alkanes) is 6. The van der Waals surface area contributed by atoms with Crippen molar-refractivity contribution < 1.29 is 4.74 Å². The van der Waals surface area contributed by atoms with Crippen LogP contribution in [0.25, 0.3) is 11.3 Å². The van der Waals surface area contributed by atoms with Gasteiger partial charge in [0.2, 0.25) is 0 Å². The van der Waals surface area contributed by atoms with Crippen LogP contribution in [0.3, 0.4) is 0 Å². The third-order valence-electron chi connectivity index (χ3n) is 4.57. The Kier molecular flexibility index (Phi) is 7.25. The number of aryl methyl sites for hydroxylation is 1. The van der Waals surface area contributed by atoms with Gasteiger partial charge in [0.1, 0.15) is 5.75 Å². The van der Waals surface area contributed by atoms with Crippen molar-refractivity contribution in [2.45, 2.75) is 65.3 Å². The maximum absolute atomic E-state index is 5.25. The summed E-state index contributed by atoms with van der Waals surface area (Å²) >= 11 is 0. The van der Waals surface area contributed by atoms with Crippen LogP contribution in [-0.2, 0) is 6.54 Å². The average molecular weight is 313 g/mol. The molecule has 2 aromatic rings. The van der Waals surface area contributed by atoms with E-state index in [0.29, 0.717) is 0 Å². The first-order valence-corrected chi connectivity index (χ1v) is 9.06. The highest BCUT2D eigenvalue weighted by atomic mass is 16.5. The van der Waals surface area contributed by atoms with Gasteiger partial charge < -0.3 is 9.30 Å². The molecule has 0 saturated carbocycles. The van der Waals surface area contributed by atoms with Crippen LogP contribution < -0.4 is 4.74 Å². The minimum absolute atomic E-state index is 0.913. The van der Waals surface area contributed by atoms with Gasteiger partial charge in [-0.05, 0) is 55.3 Å². The zero-order valence-corrected chi connectivity index (χ0v) is 15.0. The van der Waals surface area contributed by atoms with Crippen molar-refractivity contribution in [1.29, 1.82) is 0 Å². The molecule has 0 aliphatic heterocycles. The zero-order valence-electron chi connectivity index (χ0n) is 15.0. The van der Waals surface area contributed by atoms with Gasteiger partial charge in [-0.25, -0.2) is 0 Å². The van der Waals surface area contributed by atoms with Crippen molar-refractivity contribution in [2.75, 3.05) is 7.11 Å². The van der Waals surface area contributed by atoms with E-state index in [4.69, 9.17) is 4.74 Å². The molecular formula is C21H31NO. The van der Waals surface area contributed by atoms with Crippen molar-refractivity contribution >= 4 is 0 Å². The van der Waals surface area contributed by atoms with Crippen LogP contribution in [0, 0.1) is 6.92 Å². The first kappa shape index (κ1) is 17.7. The zero-order chi connectivity index (χ0) is 16.5. The summed E-state index contributed by atoms with van der Waals surface area (Å²) in [5, 5.41) is 0. The Labute approximate surface area is 141 Å². The van der Waals surface area contributed by atoms with Crippen molar-refractivity contribution in [2.24, 2.45) is 0 Å². The minimum atomic E-state index is 0.913. The fraction of sp³-hybridized carbons (Fsp3) is 0.524. The standard InChI is InChI=1S/C21H31NO/c1-4-5-6-7-8-9-10-17-22-18(2)11-16-21(22)19-12-14-20(23-3)15-13-19/h11-16H,4-10,17H2,1-3H3. The normalized spacial score (nSPS) is 10.9. The molecule has 0 atom stereocenters. The number of nitrogens with zero attached hydrogens (tertiary/aromatic N) is 1. The summed E-state index contributed by atoms with van der Waals surface area (Å²) in [4.78, 5) is 0. The number of aromatic nitrogens is 1. The summed E-state index contributed by atoms with van der Waals surface area (Å²) in [6.45, 7) is 5.60. The van der Waals surface area contributed by atoms with Gasteiger partial charge in [-0.3, -0.25) is 0 Å². The van der Waals surface area contributed by atoms with Crippen LogP contribution in [0.1, 0.15) is 57.6 Å². The van der Waals surface area contributed by atoms with E-state index in [2.05, 4.69) is 42.7 Å². The molecular weight excluding hydrogens is 282 g/mol. The summed E-state index contributed by atoms with van der Waals surface area (Å²) in [7, 11) is 1.71. The van der Waals surface area contributed by atoms with Gasteiger partial charge in [0.15, 0.2) is 0 Å². The molecule has 0 saturated heterocycles. The molecule has 2 nitrogen and oxygen atoms in total. The molecule has 0 spiro atoms. The highest BCUT2D eigenvalue weighted by Gasteiger charge is 2.07. The summed E-state index contributed by atoms with van der Waals surface area (Å²) in [5.41, 5.74) is 3.93. The Balaban J connectivity index is 1.90. The summed E-state index contributed by atoms with van der Waals surface area (Å²) in [6, 6.07) is 12.8. The van der Waals surface area contributed by atoms with E-state index >= 15 is 0 Å². The lowest BCUT2D eigenvalue weighted by molar-refractivity contribution is 0.415. The molecule has 0 fully saturated rings. The molecule has 126 valence electrons. The monoisotopic (exact) mass is 313 g/mol. The van der Waals surface area contributed by atoms with Crippen molar-refractivity contribution in [3.05, 3.63) is 42.1 Å². The lowest BCUT2D eigenvalue weighted by Gasteiger charge is -2.12. The third-order valence-corrected chi connectivity index (χ3v) is 4.57. The van der Waals surface area contributed by atoms with Crippen LogP contribution in [-0.4, -0.2) is 11.7 Å². The Morgan fingerprint density at radius 3 is 2.13 bits per heavy atom. The molecule has 2 rings (SSSR count). The van der Waals surface area contributed by atoms with Crippen LogP contribution in [0.15, 0.2) is 36.4 Å². The summed E-state index contributed by atoms with van der Waals surface area (Å²) in [5.74, 6) is 0.913. The maximum Gasteiger partial charge on any atom is 0.118 e. The Hall–Kier alpha value is -1.70. The van der Waals surface area contributed by atoms with Crippen LogP contribution >= 0.6 is 0 Å². The van der Waals surface area contributed by atoms with Gasteiger partial charge >= 0.3 is 0 Å². The molecule has 0 radical (unpaired) electrons. The van der Waals surface area contributed by atoms with E-state index in [9.17, 15) is 0 Å². The number of methoxy groups -OCH3 is 1. The van der Waals surface area contributed by atoms with E-state index in [0.717, 1.165) is 12.3 Å². The van der Waals surface area contributed by atoms with Crippen molar-refractivity contribution in [3.8, 4) is 17.0 Å². The second-order valence-electron chi connectivity index (χ2n) is 6.36. The third kappa shape index (κ3) is 5.16. The molecule has 0 N–H and O–H groups in total. The summed E-state index contributed by atoms with van der Waals surface area (Å²) in [6.07, 6.45) is 9.48.